The Balaban J connectivity index is 1.82. The molecule has 2 amide bonds. The average Bonchev–Trinajstić information content (AvgIpc) is 2.74. The summed E-state index contributed by atoms with van der Waals surface area (Å²) in [6, 6.07) is -0.321. The molecule has 2 N–H and O–H groups in total. The van der Waals surface area contributed by atoms with E-state index in [2.05, 4.69) is 25.6 Å². The van der Waals surface area contributed by atoms with Gasteiger partial charge in [0.1, 0.15) is 5.01 Å². The van der Waals surface area contributed by atoms with Gasteiger partial charge in [-0.1, -0.05) is 0 Å². The summed E-state index contributed by atoms with van der Waals surface area (Å²) >= 11 is 1.52. The number of nitrogens with zero attached hydrogens (tertiary/aromatic N) is 3. The van der Waals surface area contributed by atoms with Crippen molar-refractivity contribution in [3.8, 4) is 0 Å². The summed E-state index contributed by atoms with van der Waals surface area (Å²) in [5.41, 5.74) is 0.959. The number of nitrogens with one attached hydrogen (secondary N) is 2. The Morgan fingerprint density at radius 3 is 3.00 bits per heavy atom. The Hall–Kier alpha value is -2.02. The second-order valence-corrected chi connectivity index (χ2v) is 4.22. The van der Waals surface area contributed by atoms with Crippen LogP contribution in [0, 0.1) is 6.92 Å². The fourth-order valence-electron chi connectivity index (χ4n) is 1.16. The van der Waals surface area contributed by atoms with Crippen molar-refractivity contribution in [2.75, 3.05) is 5.32 Å². The van der Waals surface area contributed by atoms with Gasteiger partial charge < -0.3 is 5.32 Å². The number of anilines is 1. The molecule has 0 aliphatic carbocycles. The molecule has 0 spiro atoms. The summed E-state index contributed by atoms with van der Waals surface area (Å²) in [4.78, 5) is 23.5. The second kappa shape index (κ2) is 5.35. The number of amides is 2. The fraction of sp³-hybridized carbons (Fsp3) is 0.200. The summed E-state index contributed by atoms with van der Waals surface area (Å²) in [5, 5.41) is 8.08. The van der Waals surface area contributed by atoms with Crippen molar-refractivity contribution in [3.63, 3.8) is 0 Å². The molecule has 7 heteroatoms. The van der Waals surface area contributed by atoms with Crippen LogP contribution >= 0.6 is 11.3 Å². The van der Waals surface area contributed by atoms with E-state index in [1.807, 2.05) is 12.3 Å². The van der Waals surface area contributed by atoms with Gasteiger partial charge in [0.15, 0.2) is 5.82 Å². The molecule has 2 heterocycles. The van der Waals surface area contributed by atoms with Crippen LogP contribution in [0.15, 0.2) is 24.0 Å². The molecule has 0 fully saturated rings. The SMILES string of the molecule is Cc1csc(CNC(=O)Nc2cnccn2)n1. The number of carbonyl (C=O) groups is 1. The van der Waals surface area contributed by atoms with E-state index in [0.717, 1.165) is 10.7 Å². The van der Waals surface area contributed by atoms with Gasteiger partial charge >= 0.3 is 6.03 Å². The normalized spacial score (nSPS) is 9.94. The van der Waals surface area contributed by atoms with E-state index in [4.69, 9.17) is 0 Å². The summed E-state index contributed by atoms with van der Waals surface area (Å²) in [6.07, 6.45) is 4.54. The smallest absolute Gasteiger partial charge is 0.320 e. The minimum absolute atomic E-state index is 0.321. The van der Waals surface area contributed by atoms with Crippen molar-refractivity contribution in [1.82, 2.24) is 20.3 Å². The molecule has 0 radical (unpaired) electrons. The van der Waals surface area contributed by atoms with Crippen molar-refractivity contribution in [2.45, 2.75) is 13.5 Å². The summed E-state index contributed by atoms with van der Waals surface area (Å²) < 4.78 is 0. The third-order valence-electron chi connectivity index (χ3n) is 1.87. The molecule has 2 rings (SSSR count). The van der Waals surface area contributed by atoms with Crippen LogP contribution in [-0.2, 0) is 6.54 Å². The van der Waals surface area contributed by atoms with Crippen LogP contribution in [0.25, 0.3) is 0 Å². The highest BCUT2D eigenvalue weighted by Crippen LogP contribution is 2.07. The van der Waals surface area contributed by atoms with Gasteiger partial charge in [-0.15, -0.1) is 11.3 Å². The molecular formula is C10H11N5OS. The Morgan fingerprint density at radius 2 is 2.35 bits per heavy atom. The molecular weight excluding hydrogens is 238 g/mol. The van der Waals surface area contributed by atoms with Gasteiger partial charge in [-0.25, -0.2) is 14.8 Å². The van der Waals surface area contributed by atoms with E-state index in [1.165, 1.54) is 23.7 Å². The monoisotopic (exact) mass is 249 g/mol. The zero-order chi connectivity index (χ0) is 12.1. The topological polar surface area (TPSA) is 79.8 Å². The van der Waals surface area contributed by atoms with E-state index in [9.17, 15) is 4.79 Å². The quantitative estimate of drug-likeness (QED) is 0.865. The zero-order valence-electron chi connectivity index (χ0n) is 9.17. The summed E-state index contributed by atoms with van der Waals surface area (Å²) in [6.45, 7) is 2.32. The lowest BCUT2D eigenvalue weighted by Crippen LogP contribution is -2.28. The highest BCUT2D eigenvalue weighted by Gasteiger charge is 2.04. The van der Waals surface area contributed by atoms with Gasteiger partial charge in [-0.05, 0) is 6.92 Å². The third kappa shape index (κ3) is 3.49. The molecule has 0 unspecified atom stereocenters. The first-order valence-corrected chi connectivity index (χ1v) is 5.84. The maximum absolute atomic E-state index is 11.5. The molecule has 88 valence electrons. The molecule has 0 aliphatic rings. The number of rotatable bonds is 3. The largest absolute Gasteiger partial charge is 0.331 e. The first-order valence-electron chi connectivity index (χ1n) is 4.96. The molecule has 0 aliphatic heterocycles. The third-order valence-corrected chi connectivity index (χ3v) is 2.84. The molecule has 2 aromatic heterocycles. The molecule has 0 saturated heterocycles. The van der Waals surface area contributed by atoms with Crippen molar-refractivity contribution in [3.05, 3.63) is 34.7 Å². The average molecular weight is 249 g/mol. The minimum Gasteiger partial charge on any atom is -0.331 e. The number of thiazole rings is 1. The number of hydrogen-bond donors (Lipinski definition) is 2. The molecule has 17 heavy (non-hydrogen) atoms. The zero-order valence-corrected chi connectivity index (χ0v) is 9.99. The van der Waals surface area contributed by atoms with Gasteiger partial charge in [-0.3, -0.25) is 10.3 Å². The molecule has 0 aromatic carbocycles. The first kappa shape index (κ1) is 11.5. The fourth-order valence-corrected chi connectivity index (χ4v) is 1.88. The predicted molar refractivity (Wildman–Crippen MR) is 64.7 cm³/mol. The van der Waals surface area contributed by atoms with E-state index in [1.54, 1.807) is 6.20 Å². The second-order valence-electron chi connectivity index (χ2n) is 3.28. The van der Waals surface area contributed by atoms with Crippen LogP contribution in [0.2, 0.25) is 0 Å². The van der Waals surface area contributed by atoms with Crippen LogP contribution in [-0.4, -0.2) is 21.0 Å². The molecule has 6 nitrogen and oxygen atoms in total. The molecule has 0 bridgehead atoms. The van der Waals surface area contributed by atoms with Crippen LogP contribution in [0.5, 0.6) is 0 Å². The van der Waals surface area contributed by atoms with E-state index in [-0.39, 0.29) is 6.03 Å². The lowest BCUT2D eigenvalue weighted by molar-refractivity contribution is 0.251. The van der Waals surface area contributed by atoms with Crippen LogP contribution in [0.1, 0.15) is 10.7 Å². The number of aryl methyl sites for hydroxylation is 1. The number of hydrogen-bond acceptors (Lipinski definition) is 5. The standard InChI is InChI=1S/C10H11N5OS/c1-7-6-17-9(14-7)5-13-10(16)15-8-4-11-2-3-12-8/h2-4,6H,5H2,1H3,(H2,12,13,15,16). The van der Waals surface area contributed by atoms with Crippen molar-refractivity contribution >= 4 is 23.2 Å². The van der Waals surface area contributed by atoms with Gasteiger partial charge in [-0.2, -0.15) is 0 Å². The van der Waals surface area contributed by atoms with Crippen LogP contribution in [0.3, 0.4) is 0 Å². The minimum atomic E-state index is -0.321. The number of aromatic nitrogens is 3. The first-order chi connectivity index (χ1) is 8.24. The van der Waals surface area contributed by atoms with Crippen molar-refractivity contribution < 1.29 is 4.79 Å². The van der Waals surface area contributed by atoms with Gasteiger partial charge in [0.2, 0.25) is 0 Å². The van der Waals surface area contributed by atoms with Crippen molar-refractivity contribution in [1.29, 1.82) is 0 Å². The van der Waals surface area contributed by atoms with E-state index >= 15 is 0 Å². The Morgan fingerprint density at radius 1 is 1.47 bits per heavy atom. The number of carbonyl (C=O) groups excluding carboxylic acids is 1. The Bertz CT molecular complexity index is 498. The maximum atomic E-state index is 11.5. The van der Waals surface area contributed by atoms with Gasteiger partial charge in [0.05, 0.1) is 12.7 Å². The van der Waals surface area contributed by atoms with Crippen LogP contribution in [0.4, 0.5) is 10.6 Å². The highest BCUT2D eigenvalue weighted by molar-refractivity contribution is 7.09. The summed E-state index contributed by atoms with van der Waals surface area (Å²) in [5.74, 6) is 0.417. The molecule has 0 atom stereocenters. The van der Waals surface area contributed by atoms with E-state index in [0.29, 0.717) is 12.4 Å². The maximum Gasteiger partial charge on any atom is 0.320 e. The number of urea groups is 1. The van der Waals surface area contributed by atoms with E-state index < -0.39 is 0 Å². The summed E-state index contributed by atoms with van der Waals surface area (Å²) in [7, 11) is 0. The lowest BCUT2D eigenvalue weighted by Gasteiger charge is -2.04. The van der Waals surface area contributed by atoms with Gasteiger partial charge in [0.25, 0.3) is 0 Å². The lowest BCUT2D eigenvalue weighted by atomic mass is 10.5. The Kier molecular flexibility index (Phi) is 3.61. The van der Waals surface area contributed by atoms with Gasteiger partial charge in [0, 0.05) is 23.5 Å². The predicted octanol–water partition coefficient (Wildman–Crippen LogP) is 1.56. The van der Waals surface area contributed by atoms with Crippen molar-refractivity contribution in [2.24, 2.45) is 0 Å². The molecule has 2 aromatic rings. The Labute approximate surface area is 102 Å². The highest BCUT2D eigenvalue weighted by atomic mass is 32.1. The molecule has 0 saturated carbocycles. The van der Waals surface area contributed by atoms with Crippen LogP contribution < -0.4 is 10.6 Å².